The van der Waals surface area contributed by atoms with Gasteiger partial charge in [0, 0.05) is 13.1 Å². The van der Waals surface area contributed by atoms with Crippen LogP contribution in [0.4, 0.5) is 5.69 Å². The fraction of sp³-hybridized carbons (Fsp3) is 0.333. The predicted octanol–water partition coefficient (Wildman–Crippen LogP) is 5.27. The molecule has 1 atom stereocenters. The summed E-state index contributed by atoms with van der Waals surface area (Å²) in [4.78, 5) is 27.2. The zero-order chi connectivity index (χ0) is 25.8. The van der Waals surface area contributed by atoms with Gasteiger partial charge in [0.05, 0.1) is 37.1 Å². The number of carbonyl (C=O) groups excluding carboxylic acids is 2. The van der Waals surface area contributed by atoms with Crippen LogP contribution in [0.25, 0.3) is 0 Å². The smallest absolute Gasteiger partial charge is 0.244 e. The molecule has 7 nitrogen and oxygen atoms in total. The van der Waals surface area contributed by atoms with Crippen molar-refractivity contribution in [3.63, 3.8) is 0 Å². The largest absolute Gasteiger partial charge is 0.355 e. The minimum absolute atomic E-state index is 0.0135. The first-order valence-electron chi connectivity index (χ1n) is 9.89. The van der Waals surface area contributed by atoms with E-state index in [4.69, 9.17) is 58.0 Å². The first-order chi connectivity index (χ1) is 15.8. The Kier molecular flexibility index (Phi) is 10.2. The monoisotopic (exact) mass is 587 g/mol. The maximum atomic E-state index is 13.4. The van der Waals surface area contributed by atoms with E-state index in [0.29, 0.717) is 17.1 Å². The molecule has 34 heavy (non-hydrogen) atoms. The lowest BCUT2D eigenvalue weighted by molar-refractivity contribution is -0.139. The van der Waals surface area contributed by atoms with Gasteiger partial charge in [-0.05, 0) is 43.7 Å². The van der Waals surface area contributed by atoms with Crippen molar-refractivity contribution in [2.75, 3.05) is 23.7 Å². The molecule has 0 aromatic heterocycles. The van der Waals surface area contributed by atoms with Gasteiger partial charge in [-0.1, -0.05) is 64.1 Å². The molecule has 0 aliphatic carbocycles. The highest BCUT2D eigenvalue weighted by Gasteiger charge is 2.31. The molecule has 0 bridgehead atoms. The second-order valence-electron chi connectivity index (χ2n) is 7.33. The van der Waals surface area contributed by atoms with Crippen molar-refractivity contribution in [1.29, 1.82) is 0 Å². The first kappa shape index (κ1) is 28.8. The van der Waals surface area contributed by atoms with Gasteiger partial charge < -0.3 is 10.2 Å². The van der Waals surface area contributed by atoms with Crippen LogP contribution >= 0.6 is 58.0 Å². The number of amides is 2. The zero-order valence-corrected chi connectivity index (χ0v) is 23.0. The van der Waals surface area contributed by atoms with E-state index in [0.717, 1.165) is 10.6 Å². The predicted molar refractivity (Wildman–Crippen MR) is 139 cm³/mol. The Hall–Kier alpha value is -1.42. The van der Waals surface area contributed by atoms with Gasteiger partial charge >= 0.3 is 0 Å². The van der Waals surface area contributed by atoms with Crippen molar-refractivity contribution in [2.45, 2.75) is 26.4 Å². The summed E-state index contributed by atoms with van der Waals surface area (Å²) >= 11 is 30.3. The Morgan fingerprint density at radius 3 is 2.09 bits per heavy atom. The molecule has 0 spiro atoms. The van der Waals surface area contributed by atoms with Gasteiger partial charge in [-0.2, -0.15) is 0 Å². The number of anilines is 1. The highest BCUT2D eigenvalue weighted by atomic mass is 35.5. The molecule has 1 N–H and O–H groups in total. The van der Waals surface area contributed by atoms with E-state index in [-0.39, 0.29) is 32.3 Å². The lowest BCUT2D eigenvalue weighted by Crippen LogP contribution is -2.51. The van der Waals surface area contributed by atoms with E-state index in [9.17, 15) is 18.0 Å². The lowest BCUT2D eigenvalue weighted by atomic mass is 10.1. The summed E-state index contributed by atoms with van der Waals surface area (Å²) < 4.78 is 26.0. The Labute approximate surface area is 223 Å². The molecule has 0 aliphatic rings. The van der Waals surface area contributed by atoms with Crippen molar-refractivity contribution < 1.29 is 18.0 Å². The quantitative estimate of drug-likeness (QED) is 0.404. The van der Waals surface area contributed by atoms with E-state index in [1.165, 1.54) is 24.0 Å². The van der Waals surface area contributed by atoms with E-state index < -0.39 is 34.4 Å². The molecule has 0 radical (unpaired) electrons. The fourth-order valence-corrected chi connectivity index (χ4v) is 4.90. The van der Waals surface area contributed by atoms with E-state index in [1.807, 2.05) is 0 Å². The highest BCUT2D eigenvalue weighted by molar-refractivity contribution is 7.92. The Balaban J connectivity index is 2.47. The Morgan fingerprint density at radius 2 is 1.53 bits per heavy atom. The number of benzene rings is 2. The van der Waals surface area contributed by atoms with Gasteiger partial charge in [-0.25, -0.2) is 8.42 Å². The second kappa shape index (κ2) is 12.0. The molecular formula is C21H22Cl5N3O4S. The maximum Gasteiger partial charge on any atom is 0.244 e. The van der Waals surface area contributed by atoms with Crippen molar-refractivity contribution >= 4 is 85.5 Å². The van der Waals surface area contributed by atoms with Gasteiger partial charge in [0.2, 0.25) is 21.8 Å². The Morgan fingerprint density at radius 1 is 0.941 bits per heavy atom. The number of carbonyl (C=O) groups is 2. The summed E-state index contributed by atoms with van der Waals surface area (Å²) in [7, 11) is -3.98. The van der Waals surface area contributed by atoms with Crippen molar-refractivity contribution in [2.24, 2.45) is 0 Å². The van der Waals surface area contributed by atoms with Gasteiger partial charge in [0.1, 0.15) is 12.6 Å². The number of nitrogens with zero attached hydrogens (tertiary/aromatic N) is 2. The van der Waals surface area contributed by atoms with Crippen LogP contribution < -0.4 is 9.62 Å². The van der Waals surface area contributed by atoms with Gasteiger partial charge in [-0.15, -0.1) is 0 Å². The average molecular weight is 590 g/mol. The molecular weight excluding hydrogens is 568 g/mol. The van der Waals surface area contributed by atoms with Crippen LogP contribution in [0.15, 0.2) is 30.3 Å². The average Bonchev–Trinajstić information content (AvgIpc) is 2.74. The lowest BCUT2D eigenvalue weighted by Gasteiger charge is -2.31. The van der Waals surface area contributed by atoms with Crippen LogP contribution in [-0.4, -0.2) is 50.5 Å². The van der Waals surface area contributed by atoms with Crippen molar-refractivity contribution in [1.82, 2.24) is 10.2 Å². The molecule has 2 aromatic carbocycles. The summed E-state index contributed by atoms with van der Waals surface area (Å²) in [6, 6.07) is 6.41. The molecule has 0 saturated heterocycles. The summed E-state index contributed by atoms with van der Waals surface area (Å²) in [5.74, 6) is -1.06. The van der Waals surface area contributed by atoms with Gasteiger partial charge in [-0.3, -0.25) is 13.9 Å². The van der Waals surface area contributed by atoms with Crippen LogP contribution in [0.3, 0.4) is 0 Å². The number of halogens is 5. The molecule has 2 amide bonds. The highest BCUT2D eigenvalue weighted by Crippen LogP contribution is 2.35. The summed E-state index contributed by atoms with van der Waals surface area (Å²) in [6.07, 6.45) is 0.926. The molecule has 0 unspecified atom stereocenters. The topological polar surface area (TPSA) is 86.8 Å². The van der Waals surface area contributed by atoms with Gasteiger partial charge in [0.25, 0.3) is 0 Å². The van der Waals surface area contributed by atoms with Crippen LogP contribution in [0, 0.1) is 0 Å². The van der Waals surface area contributed by atoms with Crippen molar-refractivity contribution in [3.05, 3.63) is 61.0 Å². The standard InChI is InChI=1S/C21H22Cl5N3O4S/c1-4-27-21(31)12(2)28(10-13-5-6-14(22)15(23)7-13)20(30)11-29(34(3,32)33)19-9-17(25)16(24)8-18(19)26/h5-9,12H,4,10-11H2,1-3H3,(H,27,31)/t12-/m1/s1. The number of hydrogen-bond donors (Lipinski definition) is 1. The van der Waals surface area contributed by atoms with Gasteiger partial charge in [0.15, 0.2) is 0 Å². The number of nitrogens with one attached hydrogen (secondary N) is 1. The van der Waals surface area contributed by atoms with Crippen LogP contribution in [-0.2, 0) is 26.2 Å². The zero-order valence-electron chi connectivity index (χ0n) is 18.4. The summed E-state index contributed by atoms with van der Waals surface area (Å²) in [5.41, 5.74) is 0.574. The third-order valence-electron chi connectivity index (χ3n) is 4.79. The third-order valence-corrected chi connectivity index (χ3v) is 7.68. The normalized spacial score (nSPS) is 12.2. The van der Waals surface area contributed by atoms with E-state index in [2.05, 4.69) is 5.32 Å². The molecule has 0 heterocycles. The maximum absolute atomic E-state index is 13.4. The number of sulfonamides is 1. The second-order valence-corrected chi connectivity index (χ2v) is 11.3. The van der Waals surface area contributed by atoms with Crippen LogP contribution in [0.5, 0.6) is 0 Å². The molecule has 0 fully saturated rings. The third kappa shape index (κ3) is 7.29. The molecule has 186 valence electrons. The van der Waals surface area contributed by atoms with E-state index >= 15 is 0 Å². The summed E-state index contributed by atoms with van der Waals surface area (Å²) in [5, 5.41) is 3.44. The molecule has 2 aromatic rings. The first-order valence-corrected chi connectivity index (χ1v) is 13.6. The van der Waals surface area contributed by atoms with Crippen LogP contribution in [0.1, 0.15) is 19.4 Å². The number of rotatable bonds is 9. The minimum Gasteiger partial charge on any atom is -0.355 e. The molecule has 0 aliphatic heterocycles. The number of likely N-dealkylation sites (N-methyl/N-ethyl adjacent to an activating group) is 1. The fourth-order valence-electron chi connectivity index (χ4n) is 3.04. The molecule has 0 saturated carbocycles. The molecule has 13 heteroatoms. The van der Waals surface area contributed by atoms with Crippen LogP contribution in [0.2, 0.25) is 25.1 Å². The SMILES string of the molecule is CCNC(=O)[C@@H](C)N(Cc1ccc(Cl)c(Cl)c1)C(=O)CN(c1cc(Cl)c(Cl)cc1Cl)S(C)(=O)=O. The Bertz CT molecular complexity index is 1190. The van der Waals surface area contributed by atoms with E-state index in [1.54, 1.807) is 25.1 Å². The molecule has 2 rings (SSSR count). The minimum atomic E-state index is -3.98. The number of hydrogen-bond acceptors (Lipinski definition) is 4. The summed E-state index contributed by atoms with van der Waals surface area (Å²) in [6.45, 7) is 2.97. The van der Waals surface area contributed by atoms with Crippen molar-refractivity contribution in [3.8, 4) is 0 Å².